The summed E-state index contributed by atoms with van der Waals surface area (Å²) in [6.45, 7) is 0. The first-order valence-corrected chi connectivity index (χ1v) is 10.3. The van der Waals surface area contributed by atoms with Gasteiger partial charge in [0, 0.05) is 20.1 Å². The topological polar surface area (TPSA) is 43.4 Å². The van der Waals surface area contributed by atoms with E-state index in [-0.39, 0.29) is 12.1 Å². The lowest BCUT2D eigenvalue weighted by Crippen LogP contribution is -2.43. The van der Waals surface area contributed by atoms with E-state index in [1.54, 1.807) is 0 Å². The summed E-state index contributed by atoms with van der Waals surface area (Å²) < 4.78 is 162. The molecule has 15 heteroatoms. The van der Waals surface area contributed by atoms with Gasteiger partial charge in [0.1, 0.15) is 11.6 Å². The van der Waals surface area contributed by atoms with E-state index in [1.165, 1.54) is 0 Å². The minimum Gasteiger partial charge on any atom is -0.207 e. The van der Waals surface area contributed by atoms with Crippen molar-refractivity contribution in [3.8, 4) is 11.1 Å². The lowest BCUT2D eigenvalue weighted by atomic mass is 10.1. The minimum absolute atomic E-state index is 0.00805. The molecule has 0 aliphatic carbocycles. The first kappa shape index (κ1) is 22.7. The van der Waals surface area contributed by atoms with Crippen LogP contribution in [0, 0.1) is 11.6 Å². The van der Waals surface area contributed by atoms with E-state index in [0.717, 1.165) is 0 Å². The van der Waals surface area contributed by atoms with E-state index in [4.69, 9.17) is 0 Å². The number of halogens is 10. The van der Waals surface area contributed by atoms with Gasteiger partial charge in [-0.1, -0.05) is 12.1 Å². The zero-order valence-corrected chi connectivity index (χ0v) is 15.4. The van der Waals surface area contributed by atoms with Crippen molar-refractivity contribution in [2.24, 2.45) is 0 Å². The third-order valence-corrected chi connectivity index (χ3v) is 8.93. The average Bonchev–Trinajstić information content (AvgIpc) is 2.82. The van der Waals surface area contributed by atoms with Gasteiger partial charge < -0.3 is 0 Å². The second kappa shape index (κ2) is 6.50. The van der Waals surface area contributed by atoms with E-state index >= 15 is 0 Å². The Balaban J connectivity index is 2.53. The van der Waals surface area contributed by atoms with Gasteiger partial charge >= 0.3 is 27.1 Å². The molecule has 2 aromatic carbocycles. The number of hydrogen-bond donors (Lipinski definition) is 0. The van der Waals surface area contributed by atoms with Crippen LogP contribution in [0.5, 0.6) is 0 Å². The van der Waals surface area contributed by atoms with Crippen molar-refractivity contribution in [2.45, 2.75) is 26.7 Å². The molecule has 166 valence electrons. The van der Waals surface area contributed by atoms with Gasteiger partial charge in [0.25, 0.3) is 0 Å². The maximum Gasteiger partial charge on any atom is 0.523 e. The minimum atomic E-state index is -7.08. The fraction of sp³-hybridized carbons (Fsp3) is 0.200. The Labute approximate surface area is 162 Å². The van der Waals surface area contributed by atoms with Gasteiger partial charge in [0.15, 0.2) is 0 Å². The summed E-state index contributed by atoms with van der Waals surface area (Å²) in [5.74, 6) is -2.94. The van der Waals surface area contributed by atoms with E-state index in [9.17, 15) is 52.3 Å². The molecule has 1 aliphatic heterocycles. The lowest BCUT2D eigenvalue weighted by molar-refractivity contribution is -0.241. The normalized spacial score (nSPS) is 17.4. The fourth-order valence-corrected chi connectivity index (χ4v) is 7.72. The Bertz CT molecular complexity index is 1070. The molecule has 0 saturated heterocycles. The highest BCUT2D eigenvalue weighted by Crippen LogP contribution is 2.82. The summed E-state index contributed by atoms with van der Waals surface area (Å²) >= 11 is 0. The molecule has 0 N–H and O–H groups in total. The highest BCUT2D eigenvalue weighted by molar-refractivity contribution is 8.34. The SMILES string of the molecule is O=S(=O)(OS1(C(F)(F)C(F)(F)F)c2cc(F)ccc2-c2ccc(F)cc21)C(F)(F)F. The molecule has 1 aliphatic rings. The number of rotatable bonds is 3. The van der Waals surface area contributed by atoms with Crippen molar-refractivity contribution >= 4 is 20.4 Å². The van der Waals surface area contributed by atoms with Crippen LogP contribution in [0.25, 0.3) is 11.1 Å². The summed E-state index contributed by atoms with van der Waals surface area (Å²) in [5.41, 5.74) is -7.73. The van der Waals surface area contributed by atoms with E-state index < -0.39 is 69.9 Å². The van der Waals surface area contributed by atoms with Crippen LogP contribution in [0.3, 0.4) is 0 Å². The molecule has 30 heavy (non-hydrogen) atoms. The highest BCUT2D eigenvalue weighted by Gasteiger charge is 2.74. The van der Waals surface area contributed by atoms with Gasteiger partial charge in [0.2, 0.25) is 0 Å². The van der Waals surface area contributed by atoms with Crippen molar-refractivity contribution in [2.75, 3.05) is 0 Å². The summed E-state index contributed by atoms with van der Waals surface area (Å²) in [5, 5.41) is -6.29. The van der Waals surface area contributed by atoms with Crippen molar-refractivity contribution in [3.63, 3.8) is 0 Å². The summed E-state index contributed by atoms with van der Waals surface area (Å²) in [7, 11) is -13.1. The van der Waals surface area contributed by atoms with Gasteiger partial charge in [-0.2, -0.15) is 47.2 Å². The van der Waals surface area contributed by atoms with Crippen molar-refractivity contribution in [1.82, 2.24) is 0 Å². The van der Waals surface area contributed by atoms with Gasteiger partial charge in [-0.3, -0.25) is 0 Å². The molecule has 0 saturated carbocycles. The van der Waals surface area contributed by atoms with Gasteiger partial charge in [0.05, 0.1) is 0 Å². The summed E-state index contributed by atoms with van der Waals surface area (Å²) in [6.07, 6.45) is -6.65. The van der Waals surface area contributed by atoms with Crippen LogP contribution in [-0.4, -0.2) is 25.4 Å². The molecule has 0 atom stereocenters. The standard InChI is InChI=1S/C15H6F10O3S2/c16-7-1-3-9-10-4-2-8(17)6-12(10)29(11(9)5-7,14(21,22)13(18,19)20)28-30(26,27)15(23,24)25/h1-6H. The molecule has 3 nitrogen and oxygen atoms in total. The number of benzene rings is 2. The maximum atomic E-state index is 14.7. The van der Waals surface area contributed by atoms with E-state index in [0.29, 0.717) is 24.3 Å². The Morgan fingerprint density at radius 3 is 1.47 bits per heavy atom. The number of fused-ring (bicyclic) bond motifs is 3. The van der Waals surface area contributed by atoms with E-state index in [1.807, 2.05) is 0 Å². The fourth-order valence-electron chi connectivity index (χ4n) is 2.76. The van der Waals surface area contributed by atoms with Gasteiger partial charge in [-0.15, -0.1) is 0 Å². The molecule has 2 aromatic rings. The quantitative estimate of drug-likeness (QED) is 0.387. The first-order chi connectivity index (χ1) is 13.5. The first-order valence-electron chi connectivity index (χ1n) is 7.35. The average molecular weight is 488 g/mol. The molecule has 3 rings (SSSR count). The van der Waals surface area contributed by atoms with Crippen LogP contribution in [-0.2, 0) is 13.7 Å². The monoisotopic (exact) mass is 488 g/mol. The predicted octanol–water partition coefficient (Wildman–Crippen LogP) is 6.10. The molecule has 0 unspecified atom stereocenters. The highest BCUT2D eigenvalue weighted by atomic mass is 32.3. The predicted molar refractivity (Wildman–Crippen MR) is 83.0 cm³/mol. The lowest BCUT2D eigenvalue weighted by Gasteiger charge is -2.42. The van der Waals surface area contributed by atoms with E-state index in [2.05, 4.69) is 3.63 Å². The molecule has 0 aromatic heterocycles. The Morgan fingerprint density at radius 1 is 0.733 bits per heavy atom. The van der Waals surface area contributed by atoms with Crippen LogP contribution in [0.15, 0.2) is 46.2 Å². The smallest absolute Gasteiger partial charge is 0.207 e. The third kappa shape index (κ3) is 3.05. The van der Waals surface area contributed by atoms with Gasteiger partial charge in [-0.25, -0.2) is 8.78 Å². The number of alkyl halides is 8. The molecule has 0 bridgehead atoms. The van der Waals surface area contributed by atoms with Crippen LogP contribution >= 0.6 is 10.3 Å². The van der Waals surface area contributed by atoms with Crippen molar-refractivity contribution < 1.29 is 56.0 Å². The molecule has 0 radical (unpaired) electrons. The van der Waals surface area contributed by atoms with Crippen LogP contribution in [0.4, 0.5) is 43.9 Å². The molecule has 1 heterocycles. The molecule has 0 spiro atoms. The zero-order valence-electron chi connectivity index (χ0n) is 13.8. The van der Waals surface area contributed by atoms with Crippen LogP contribution < -0.4 is 0 Å². The number of hydrogen-bond acceptors (Lipinski definition) is 3. The second-order valence-corrected chi connectivity index (χ2v) is 10.2. The largest absolute Gasteiger partial charge is 0.523 e. The van der Waals surface area contributed by atoms with Crippen LogP contribution in [0.2, 0.25) is 0 Å². The van der Waals surface area contributed by atoms with Gasteiger partial charge in [-0.05, 0) is 35.4 Å². The molecular weight excluding hydrogens is 482 g/mol. The Hall–Kier alpha value is -2.00. The maximum absolute atomic E-state index is 14.7. The van der Waals surface area contributed by atoms with Crippen molar-refractivity contribution in [1.29, 1.82) is 0 Å². The molecular formula is C15H6F10O3S2. The Morgan fingerprint density at radius 2 is 1.13 bits per heavy atom. The van der Waals surface area contributed by atoms with Crippen LogP contribution in [0.1, 0.15) is 0 Å². The molecule has 0 fully saturated rings. The zero-order chi connectivity index (χ0) is 22.9. The Kier molecular flexibility index (Phi) is 4.91. The summed E-state index contributed by atoms with van der Waals surface area (Å²) in [6, 6.07) is 2.48. The molecule has 0 amide bonds. The summed E-state index contributed by atoms with van der Waals surface area (Å²) in [4.78, 5) is -2.98. The third-order valence-electron chi connectivity index (χ3n) is 3.96. The van der Waals surface area contributed by atoms with Crippen molar-refractivity contribution in [3.05, 3.63) is 48.0 Å². The second-order valence-electron chi connectivity index (χ2n) is 5.82.